The van der Waals surface area contributed by atoms with Crippen LogP contribution in [0.25, 0.3) is 0 Å². The Morgan fingerprint density at radius 3 is 3.11 bits per heavy atom. The van der Waals surface area contributed by atoms with E-state index in [9.17, 15) is 4.79 Å². The molecule has 2 aromatic heterocycles. The second-order valence-electron chi connectivity index (χ2n) is 3.72. The Bertz CT molecular complexity index is 534. The third-order valence-electron chi connectivity index (χ3n) is 2.20. The van der Waals surface area contributed by atoms with Gasteiger partial charge in [-0.15, -0.1) is 16.4 Å². The van der Waals surface area contributed by atoms with Crippen LogP contribution in [-0.4, -0.2) is 32.4 Å². The molecule has 0 radical (unpaired) electrons. The van der Waals surface area contributed by atoms with Gasteiger partial charge in [-0.3, -0.25) is 9.48 Å². The summed E-state index contributed by atoms with van der Waals surface area (Å²) in [5.74, 6) is -0.258. The summed E-state index contributed by atoms with van der Waals surface area (Å²) < 4.78 is 1.54. The van der Waals surface area contributed by atoms with Gasteiger partial charge in [0.25, 0.3) is 5.91 Å². The minimum atomic E-state index is -0.258. The van der Waals surface area contributed by atoms with Crippen molar-refractivity contribution < 1.29 is 4.79 Å². The average molecular weight is 266 g/mol. The van der Waals surface area contributed by atoms with E-state index in [4.69, 9.17) is 5.73 Å². The van der Waals surface area contributed by atoms with E-state index in [-0.39, 0.29) is 11.6 Å². The van der Waals surface area contributed by atoms with Crippen molar-refractivity contribution in [3.05, 3.63) is 28.0 Å². The summed E-state index contributed by atoms with van der Waals surface area (Å²) in [6.45, 7) is 3.33. The number of carbonyl (C=O) groups excluding carboxylic acids is 1. The van der Waals surface area contributed by atoms with Crippen molar-refractivity contribution in [2.75, 3.05) is 6.54 Å². The molecule has 96 valence electrons. The summed E-state index contributed by atoms with van der Waals surface area (Å²) in [6, 6.07) is 0. The molecule has 0 bridgehead atoms. The fourth-order valence-electron chi connectivity index (χ4n) is 1.37. The normalized spacial score (nSPS) is 10.6. The third-order valence-corrected chi connectivity index (χ3v) is 3.16. The number of rotatable bonds is 5. The van der Waals surface area contributed by atoms with Gasteiger partial charge in [-0.05, 0) is 6.92 Å². The standard InChI is InChI=1S/C10H14N6OS/c1-7-6-18-9(13-7)4-12-10(17)8-5-16(3-2-11)15-14-8/h5-6H,2-4,11H2,1H3,(H,12,17). The Kier molecular flexibility index (Phi) is 4.00. The molecule has 0 atom stereocenters. The van der Waals surface area contributed by atoms with E-state index in [2.05, 4.69) is 20.6 Å². The summed E-state index contributed by atoms with van der Waals surface area (Å²) in [5, 5.41) is 13.1. The molecule has 0 saturated carbocycles. The number of aryl methyl sites for hydroxylation is 1. The summed E-state index contributed by atoms with van der Waals surface area (Å²) in [7, 11) is 0. The molecule has 0 aliphatic heterocycles. The van der Waals surface area contributed by atoms with Gasteiger partial charge < -0.3 is 11.1 Å². The number of thiazole rings is 1. The number of nitrogens with two attached hydrogens (primary N) is 1. The van der Waals surface area contributed by atoms with Gasteiger partial charge >= 0.3 is 0 Å². The van der Waals surface area contributed by atoms with Crippen LogP contribution in [-0.2, 0) is 13.1 Å². The van der Waals surface area contributed by atoms with Crippen molar-refractivity contribution in [3.8, 4) is 0 Å². The van der Waals surface area contributed by atoms with Gasteiger partial charge in [0.2, 0.25) is 0 Å². The van der Waals surface area contributed by atoms with E-state index < -0.39 is 0 Å². The zero-order chi connectivity index (χ0) is 13.0. The summed E-state index contributed by atoms with van der Waals surface area (Å²) in [5.41, 5.74) is 6.63. The Labute approximate surface area is 108 Å². The van der Waals surface area contributed by atoms with Crippen LogP contribution in [0, 0.1) is 6.92 Å². The molecule has 2 heterocycles. The first kappa shape index (κ1) is 12.7. The third kappa shape index (κ3) is 3.11. The lowest BCUT2D eigenvalue weighted by molar-refractivity contribution is 0.0945. The lowest BCUT2D eigenvalue weighted by Gasteiger charge is -1.98. The van der Waals surface area contributed by atoms with Crippen molar-refractivity contribution in [1.29, 1.82) is 0 Å². The molecule has 7 nitrogen and oxygen atoms in total. The molecule has 8 heteroatoms. The molecule has 18 heavy (non-hydrogen) atoms. The van der Waals surface area contributed by atoms with Crippen molar-refractivity contribution in [3.63, 3.8) is 0 Å². The summed E-state index contributed by atoms with van der Waals surface area (Å²) in [4.78, 5) is 16.0. The van der Waals surface area contributed by atoms with Crippen LogP contribution in [0.15, 0.2) is 11.6 Å². The monoisotopic (exact) mass is 266 g/mol. The van der Waals surface area contributed by atoms with E-state index in [0.29, 0.717) is 19.6 Å². The lowest BCUT2D eigenvalue weighted by Crippen LogP contribution is -2.23. The molecule has 0 aliphatic rings. The maximum absolute atomic E-state index is 11.8. The molecule has 0 unspecified atom stereocenters. The molecular formula is C10H14N6OS. The highest BCUT2D eigenvalue weighted by Gasteiger charge is 2.10. The fraction of sp³-hybridized carbons (Fsp3) is 0.400. The van der Waals surface area contributed by atoms with Crippen molar-refractivity contribution in [2.45, 2.75) is 20.0 Å². The second-order valence-corrected chi connectivity index (χ2v) is 4.66. The van der Waals surface area contributed by atoms with Gasteiger partial charge in [-0.1, -0.05) is 5.21 Å². The van der Waals surface area contributed by atoms with Gasteiger partial charge in [0, 0.05) is 17.6 Å². The molecular weight excluding hydrogens is 252 g/mol. The molecule has 0 spiro atoms. The first-order chi connectivity index (χ1) is 8.69. The van der Waals surface area contributed by atoms with Crippen LogP contribution in [0.3, 0.4) is 0 Å². The number of carbonyl (C=O) groups is 1. The zero-order valence-corrected chi connectivity index (χ0v) is 10.8. The first-order valence-electron chi connectivity index (χ1n) is 5.48. The Morgan fingerprint density at radius 2 is 2.44 bits per heavy atom. The van der Waals surface area contributed by atoms with Crippen LogP contribution in [0.1, 0.15) is 21.2 Å². The average Bonchev–Trinajstić information content (AvgIpc) is 2.96. The predicted octanol–water partition coefficient (Wildman–Crippen LogP) is -0.0683. The largest absolute Gasteiger partial charge is 0.344 e. The first-order valence-corrected chi connectivity index (χ1v) is 6.36. The highest BCUT2D eigenvalue weighted by atomic mass is 32.1. The van der Waals surface area contributed by atoms with Crippen LogP contribution in [0.4, 0.5) is 0 Å². The van der Waals surface area contributed by atoms with Gasteiger partial charge in [0.15, 0.2) is 5.69 Å². The minimum absolute atomic E-state index is 0.258. The Morgan fingerprint density at radius 1 is 1.61 bits per heavy atom. The molecule has 2 rings (SSSR count). The summed E-state index contributed by atoms with van der Waals surface area (Å²) in [6.07, 6.45) is 1.58. The van der Waals surface area contributed by atoms with E-state index in [1.54, 1.807) is 10.9 Å². The smallest absolute Gasteiger partial charge is 0.273 e. The Balaban J connectivity index is 1.90. The number of nitrogens with one attached hydrogen (secondary N) is 1. The molecule has 0 aromatic carbocycles. The minimum Gasteiger partial charge on any atom is -0.344 e. The van der Waals surface area contributed by atoms with Crippen LogP contribution >= 0.6 is 11.3 Å². The van der Waals surface area contributed by atoms with E-state index in [1.807, 2.05) is 12.3 Å². The highest BCUT2D eigenvalue weighted by molar-refractivity contribution is 7.09. The molecule has 0 saturated heterocycles. The van der Waals surface area contributed by atoms with Crippen LogP contribution < -0.4 is 11.1 Å². The number of aromatic nitrogens is 4. The van der Waals surface area contributed by atoms with E-state index in [1.165, 1.54) is 11.3 Å². The van der Waals surface area contributed by atoms with E-state index in [0.717, 1.165) is 10.7 Å². The summed E-state index contributed by atoms with van der Waals surface area (Å²) >= 11 is 1.52. The van der Waals surface area contributed by atoms with Gasteiger partial charge in [0.1, 0.15) is 5.01 Å². The lowest BCUT2D eigenvalue weighted by atomic mass is 10.4. The molecule has 1 amide bonds. The van der Waals surface area contributed by atoms with E-state index >= 15 is 0 Å². The quantitative estimate of drug-likeness (QED) is 0.789. The molecule has 0 fully saturated rings. The molecule has 0 aliphatic carbocycles. The van der Waals surface area contributed by atoms with Crippen molar-refractivity contribution in [1.82, 2.24) is 25.3 Å². The molecule has 3 N–H and O–H groups in total. The number of nitrogens with zero attached hydrogens (tertiary/aromatic N) is 4. The highest BCUT2D eigenvalue weighted by Crippen LogP contribution is 2.08. The predicted molar refractivity (Wildman–Crippen MR) is 67.1 cm³/mol. The van der Waals surface area contributed by atoms with Gasteiger partial charge in [-0.25, -0.2) is 4.98 Å². The number of hydrogen-bond acceptors (Lipinski definition) is 6. The van der Waals surface area contributed by atoms with Crippen LogP contribution in [0.5, 0.6) is 0 Å². The van der Waals surface area contributed by atoms with Crippen molar-refractivity contribution in [2.24, 2.45) is 5.73 Å². The fourth-order valence-corrected chi connectivity index (χ4v) is 2.09. The SMILES string of the molecule is Cc1csc(CNC(=O)c2cn(CCN)nn2)n1. The van der Waals surface area contributed by atoms with Crippen LogP contribution in [0.2, 0.25) is 0 Å². The number of amides is 1. The second kappa shape index (κ2) is 5.69. The maximum Gasteiger partial charge on any atom is 0.273 e. The number of hydrogen-bond donors (Lipinski definition) is 2. The molecule has 2 aromatic rings. The Hall–Kier alpha value is -1.80. The zero-order valence-electron chi connectivity index (χ0n) is 9.96. The van der Waals surface area contributed by atoms with Gasteiger partial charge in [-0.2, -0.15) is 0 Å². The van der Waals surface area contributed by atoms with Gasteiger partial charge in [0.05, 0.1) is 19.3 Å². The maximum atomic E-state index is 11.8. The topological polar surface area (TPSA) is 98.7 Å². The van der Waals surface area contributed by atoms with Crippen molar-refractivity contribution >= 4 is 17.2 Å².